The van der Waals surface area contributed by atoms with Crippen LogP contribution in [0.25, 0.3) is 10.9 Å². The van der Waals surface area contributed by atoms with Crippen molar-refractivity contribution in [1.82, 2.24) is 4.98 Å². The summed E-state index contributed by atoms with van der Waals surface area (Å²) in [5.74, 6) is 0.392. The molecule has 1 atom stereocenters. The fourth-order valence-electron chi connectivity index (χ4n) is 1.68. The number of pyridine rings is 1. The molecule has 2 N–H and O–H groups in total. The largest absolute Gasteiger partial charge is 0.330 e. The maximum Gasteiger partial charge on any atom is 0.0704 e. The normalized spacial score (nSPS) is 13.0. The molecule has 2 aromatic rings. The quantitative estimate of drug-likeness (QED) is 0.781. The van der Waals surface area contributed by atoms with E-state index in [0.29, 0.717) is 12.5 Å². The lowest BCUT2D eigenvalue weighted by Gasteiger charge is -2.11. The average molecular weight is 186 g/mol. The van der Waals surface area contributed by atoms with Crippen LogP contribution in [0.4, 0.5) is 0 Å². The van der Waals surface area contributed by atoms with Crippen LogP contribution >= 0.6 is 0 Å². The molecule has 0 aliphatic carbocycles. The molecule has 2 heteroatoms. The van der Waals surface area contributed by atoms with Gasteiger partial charge in [0.15, 0.2) is 0 Å². The fourth-order valence-corrected chi connectivity index (χ4v) is 1.68. The second-order valence-corrected chi connectivity index (χ2v) is 3.55. The lowest BCUT2D eigenvalue weighted by atomic mass is 9.97. The predicted octanol–water partition coefficient (Wildman–Crippen LogP) is 2.30. The monoisotopic (exact) mass is 186 g/mol. The molecule has 1 heterocycles. The minimum atomic E-state index is 0.392. The molecule has 1 aromatic heterocycles. The third-order valence-corrected chi connectivity index (χ3v) is 2.56. The number of rotatable bonds is 2. The van der Waals surface area contributed by atoms with Crippen LogP contribution in [0.15, 0.2) is 36.5 Å². The Morgan fingerprint density at radius 3 is 2.93 bits per heavy atom. The number of benzene rings is 1. The highest BCUT2D eigenvalue weighted by Crippen LogP contribution is 2.23. The highest BCUT2D eigenvalue weighted by atomic mass is 14.6. The van der Waals surface area contributed by atoms with Crippen LogP contribution in [0.1, 0.15) is 18.4 Å². The molecule has 0 aliphatic rings. The first kappa shape index (κ1) is 9.16. The molecule has 2 nitrogen and oxygen atoms in total. The maximum absolute atomic E-state index is 5.67. The molecule has 0 radical (unpaired) electrons. The Kier molecular flexibility index (Phi) is 2.46. The third kappa shape index (κ3) is 1.49. The predicted molar refractivity (Wildman–Crippen MR) is 59.2 cm³/mol. The van der Waals surface area contributed by atoms with Crippen molar-refractivity contribution >= 4 is 10.9 Å². The van der Waals surface area contributed by atoms with E-state index in [2.05, 4.69) is 24.0 Å². The van der Waals surface area contributed by atoms with Gasteiger partial charge in [0.1, 0.15) is 0 Å². The molecule has 0 saturated carbocycles. The van der Waals surface area contributed by atoms with E-state index >= 15 is 0 Å². The van der Waals surface area contributed by atoms with Crippen LogP contribution in [0, 0.1) is 0 Å². The van der Waals surface area contributed by atoms with E-state index in [-0.39, 0.29) is 0 Å². The van der Waals surface area contributed by atoms with E-state index in [1.807, 2.05) is 24.4 Å². The van der Waals surface area contributed by atoms with Crippen LogP contribution in [0.5, 0.6) is 0 Å². The summed E-state index contributed by atoms with van der Waals surface area (Å²) in [5, 5.41) is 1.22. The molecule has 0 bridgehead atoms. The van der Waals surface area contributed by atoms with E-state index in [0.717, 1.165) is 5.52 Å². The van der Waals surface area contributed by atoms with Crippen molar-refractivity contribution < 1.29 is 0 Å². The highest BCUT2D eigenvalue weighted by Gasteiger charge is 2.06. The minimum absolute atomic E-state index is 0.392. The van der Waals surface area contributed by atoms with Gasteiger partial charge in [-0.3, -0.25) is 4.98 Å². The van der Waals surface area contributed by atoms with Gasteiger partial charge in [0.25, 0.3) is 0 Å². The van der Waals surface area contributed by atoms with Crippen LogP contribution in [0.2, 0.25) is 0 Å². The summed E-state index contributed by atoms with van der Waals surface area (Å²) in [7, 11) is 0. The van der Waals surface area contributed by atoms with Gasteiger partial charge < -0.3 is 5.73 Å². The Balaban J connectivity index is 2.65. The Morgan fingerprint density at radius 2 is 2.14 bits per heavy atom. The van der Waals surface area contributed by atoms with E-state index in [9.17, 15) is 0 Å². The molecular weight excluding hydrogens is 172 g/mol. The summed E-state index contributed by atoms with van der Waals surface area (Å²) in [6.45, 7) is 2.82. The molecule has 0 aliphatic heterocycles. The summed E-state index contributed by atoms with van der Waals surface area (Å²) in [4.78, 5) is 4.32. The first-order valence-electron chi connectivity index (χ1n) is 4.86. The molecule has 0 fully saturated rings. The summed E-state index contributed by atoms with van der Waals surface area (Å²) in [6, 6.07) is 10.3. The molecule has 2 rings (SSSR count). The molecular formula is C12H14N2. The van der Waals surface area contributed by atoms with Crippen molar-refractivity contribution in [2.45, 2.75) is 12.8 Å². The third-order valence-electron chi connectivity index (χ3n) is 2.56. The number of hydrogen-bond acceptors (Lipinski definition) is 2. The van der Waals surface area contributed by atoms with Crippen molar-refractivity contribution in [3.8, 4) is 0 Å². The highest BCUT2D eigenvalue weighted by molar-refractivity contribution is 5.82. The Hall–Kier alpha value is -1.41. The first-order valence-corrected chi connectivity index (χ1v) is 4.86. The lowest BCUT2D eigenvalue weighted by Crippen LogP contribution is -2.09. The van der Waals surface area contributed by atoms with Gasteiger partial charge in [-0.25, -0.2) is 0 Å². The van der Waals surface area contributed by atoms with Gasteiger partial charge in [-0.2, -0.15) is 0 Å². The van der Waals surface area contributed by atoms with Crippen LogP contribution in [0.3, 0.4) is 0 Å². The van der Waals surface area contributed by atoms with Gasteiger partial charge in [0.2, 0.25) is 0 Å². The molecule has 14 heavy (non-hydrogen) atoms. The Morgan fingerprint density at radius 1 is 1.29 bits per heavy atom. The zero-order chi connectivity index (χ0) is 9.97. The molecule has 1 aromatic carbocycles. The number of aromatic nitrogens is 1. The van der Waals surface area contributed by atoms with E-state index in [1.54, 1.807) is 0 Å². The minimum Gasteiger partial charge on any atom is -0.330 e. The van der Waals surface area contributed by atoms with Crippen LogP contribution in [-0.2, 0) is 0 Å². The van der Waals surface area contributed by atoms with Crippen LogP contribution in [-0.4, -0.2) is 11.5 Å². The van der Waals surface area contributed by atoms with Crippen molar-refractivity contribution in [2.75, 3.05) is 6.54 Å². The maximum atomic E-state index is 5.67. The Labute approximate surface area is 83.8 Å². The SMILES string of the molecule is CC(CN)c1cccc2ncccc12. The van der Waals surface area contributed by atoms with Gasteiger partial charge >= 0.3 is 0 Å². The van der Waals surface area contributed by atoms with Crippen molar-refractivity contribution in [3.05, 3.63) is 42.1 Å². The van der Waals surface area contributed by atoms with Crippen molar-refractivity contribution in [3.63, 3.8) is 0 Å². The summed E-state index contributed by atoms with van der Waals surface area (Å²) in [6.07, 6.45) is 1.82. The molecule has 0 amide bonds. The summed E-state index contributed by atoms with van der Waals surface area (Å²) in [5.41, 5.74) is 8.01. The zero-order valence-corrected chi connectivity index (χ0v) is 8.27. The van der Waals surface area contributed by atoms with Crippen LogP contribution < -0.4 is 5.73 Å². The van der Waals surface area contributed by atoms with E-state index < -0.39 is 0 Å². The first-order chi connectivity index (χ1) is 6.83. The van der Waals surface area contributed by atoms with Gasteiger partial charge in [-0.1, -0.05) is 25.1 Å². The fraction of sp³-hybridized carbons (Fsp3) is 0.250. The van der Waals surface area contributed by atoms with Gasteiger partial charge in [0, 0.05) is 11.6 Å². The number of hydrogen-bond donors (Lipinski definition) is 1. The smallest absolute Gasteiger partial charge is 0.0704 e. The summed E-state index contributed by atoms with van der Waals surface area (Å²) < 4.78 is 0. The average Bonchev–Trinajstić information content (AvgIpc) is 2.27. The standard InChI is InChI=1S/C12H14N2/c1-9(8-13)10-4-2-6-12-11(10)5-3-7-14-12/h2-7,9H,8,13H2,1H3. The summed E-state index contributed by atoms with van der Waals surface area (Å²) >= 11 is 0. The molecule has 0 saturated heterocycles. The molecule has 0 spiro atoms. The van der Waals surface area contributed by atoms with Crippen molar-refractivity contribution in [2.24, 2.45) is 5.73 Å². The van der Waals surface area contributed by atoms with Gasteiger partial charge in [-0.15, -0.1) is 0 Å². The number of nitrogens with zero attached hydrogens (tertiary/aromatic N) is 1. The number of nitrogens with two attached hydrogens (primary N) is 1. The topological polar surface area (TPSA) is 38.9 Å². The zero-order valence-electron chi connectivity index (χ0n) is 8.27. The van der Waals surface area contributed by atoms with Crippen molar-refractivity contribution in [1.29, 1.82) is 0 Å². The van der Waals surface area contributed by atoms with E-state index in [1.165, 1.54) is 10.9 Å². The molecule has 1 unspecified atom stereocenters. The van der Waals surface area contributed by atoms with E-state index in [4.69, 9.17) is 5.73 Å². The molecule has 72 valence electrons. The second-order valence-electron chi connectivity index (χ2n) is 3.55. The Bertz CT molecular complexity index is 432. The number of fused-ring (bicyclic) bond motifs is 1. The lowest BCUT2D eigenvalue weighted by molar-refractivity contribution is 0.780. The van der Waals surface area contributed by atoms with Gasteiger partial charge in [-0.05, 0) is 30.2 Å². The van der Waals surface area contributed by atoms with Gasteiger partial charge in [0.05, 0.1) is 5.52 Å². The second kappa shape index (κ2) is 3.76.